The van der Waals surface area contributed by atoms with Gasteiger partial charge in [0, 0.05) is 22.2 Å². The average Bonchev–Trinajstić information content (AvgIpc) is 3.28. The zero-order valence-electron chi connectivity index (χ0n) is 20.2. The number of rotatable bonds is 7. The number of carbonyl (C=O) groups is 1. The summed E-state index contributed by atoms with van der Waals surface area (Å²) in [5.74, 6) is 0.271. The molecule has 5 rings (SSSR count). The lowest BCUT2D eigenvalue weighted by atomic mass is 10.1. The number of benzene rings is 4. The van der Waals surface area contributed by atoms with Crippen LogP contribution in [0.1, 0.15) is 16.1 Å². The number of para-hydroxylation sites is 1. The van der Waals surface area contributed by atoms with Gasteiger partial charge in [-0.25, -0.2) is 4.68 Å². The molecule has 9 heteroatoms. The van der Waals surface area contributed by atoms with E-state index in [0.717, 1.165) is 15.7 Å². The van der Waals surface area contributed by atoms with Gasteiger partial charge in [0.1, 0.15) is 17.2 Å². The molecule has 38 heavy (non-hydrogen) atoms. The summed E-state index contributed by atoms with van der Waals surface area (Å²) in [6, 6.07) is 30.1. The van der Waals surface area contributed by atoms with Gasteiger partial charge in [-0.3, -0.25) is 14.9 Å². The van der Waals surface area contributed by atoms with E-state index < -0.39 is 10.8 Å². The smallest absolute Gasteiger partial charge is 0.275 e. The second-order valence-electron chi connectivity index (χ2n) is 8.41. The highest BCUT2D eigenvalue weighted by molar-refractivity contribution is 9.10. The Morgan fingerprint density at radius 3 is 2.24 bits per heavy atom. The monoisotopic (exact) mass is 568 g/mol. The number of anilines is 1. The molecule has 1 amide bonds. The van der Waals surface area contributed by atoms with Crippen LogP contribution in [0.2, 0.25) is 0 Å². The van der Waals surface area contributed by atoms with Crippen molar-refractivity contribution < 1.29 is 14.5 Å². The first-order chi connectivity index (χ1) is 18.4. The van der Waals surface area contributed by atoms with Crippen LogP contribution in [0.4, 0.5) is 11.4 Å². The first-order valence-corrected chi connectivity index (χ1v) is 12.4. The highest BCUT2D eigenvalue weighted by atomic mass is 79.9. The van der Waals surface area contributed by atoms with E-state index in [2.05, 4.69) is 21.2 Å². The Kier molecular flexibility index (Phi) is 7.01. The summed E-state index contributed by atoms with van der Waals surface area (Å²) in [5, 5.41) is 19.2. The maximum absolute atomic E-state index is 13.7. The molecule has 0 saturated carbocycles. The summed E-state index contributed by atoms with van der Waals surface area (Å²) < 4.78 is 8.43. The predicted molar refractivity (Wildman–Crippen MR) is 149 cm³/mol. The van der Waals surface area contributed by atoms with E-state index in [1.165, 1.54) is 12.1 Å². The molecule has 4 aromatic carbocycles. The number of halogens is 1. The standard InChI is InChI=1S/C29H21BrN4O4/c1-19-27(28(20-8-4-2-5-9-20)32-33(19)23-10-6-3-7-11-23)29(35)31-22-16-24(34(36)37)18-26(17-22)38-25-14-12-21(30)13-15-25/h2-18H,1H3,(H,31,35). The molecule has 0 aliphatic heterocycles. The van der Waals surface area contributed by atoms with E-state index >= 15 is 0 Å². The molecule has 0 unspecified atom stereocenters. The third kappa shape index (κ3) is 5.33. The topological polar surface area (TPSA) is 99.3 Å². The van der Waals surface area contributed by atoms with Crippen molar-refractivity contribution in [2.75, 3.05) is 5.32 Å². The molecule has 0 bridgehead atoms. The van der Waals surface area contributed by atoms with Gasteiger partial charge in [0.25, 0.3) is 11.6 Å². The van der Waals surface area contributed by atoms with Crippen molar-refractivity contribution in [1.29, 1.82) is 0 Å². The number of nitro groups is 1. The first kappa shape index (κ1) is 24.9. The minimum atomic E-state index is -0.530. The molecular weight excluding hydrogens is 548 g/mol. The molecule has 0 fully saturated rings. The number of carbonyl (C=O) groups excluding carboxylic acids is 1. The fourth-order valence-corrected chi connectivity index (χ4v) is 4.31. The molecule has 0 atom stereocenters. The Hall–Kier alpha value is -4.76. The molecule has 0 aliphatic carbocycles. The van der Waals surface area contributed by atoms with E-state index in [1.54, 1.807) is 35.0 Å². The molecule has 0 spiro atoms. The van der Waals surface area contributed by atoms with E-state index in [4.69, 9.17) is 9.84 Å². The number of nitrogens with zero attached hydrogens (tertiary/aromatic N) is 3. The first-order valence-electron chi connectivity index (χ1n) is 11.6. The van der Waals surface area contributed by atoms with Gasteiger partial charge in [-0.1, -0.05) is 64.5 Å². The fraction of sp³-hybridized carbons (Fsp3) is 0.0345. The van der Waals surface area contributed by atoms with E-state index in [9.17, 15) is 14.9 Å². The van der Waals surface area contributed by atoms with Crippen molar-refractivity contribution >= 4 is 33.2 Å². The molecule has 8 nitrogen and oxygen atoms in total. The van der Waals surface area contributed by atoms with Crippen LogP contribution < -0.4 is 10.1 Å². The van der Waals surface area contributed by atoms with Gasteiger partial charge in [0.05, 0.1) is 33.6 Å². The SMILES string of the molecule is Cc1c(C(=O)Nc2cc(Oc3ccc(Br)cc3)cc([N+](=O)[O-])c2)c(-c2ccccc2)nn1-c1ccccc1. The average molecular weight is 569 g/mol. The molecule has 5 aromatic rings. The van der Waals surface area contributed by atoms with Crippen LogP contribution in [0.5, 0.6) is 11.5 Å². The lowest BCUT2D eigenvalue weighted by molar-refractivity contribution is -0.384. The van der Waals surface area contributed by atoms with Crippen molar-refractivity contribution in [3.8, 4) is 28.4 Å². The maximum atomic E-state index is 13.7. The van der Waals surface area contributed by atoms with Crippen LogP contribution >= 0.6 is 15.9 Å². The maximum Gasteiger partial charge on any atom is 0.275 e. The minimum Gasteiger partial charge on any atom is -0.457 e. The lowest BCUT2D eigenvalue weighted by Gasteiger charge is -2.10. The zero-order valence-corrected chi connectivity index (χ0v) is 21.8. The summed E-state index contributed by atoms with van der Waals surface area (Å²) in [6.45, 7) is 1.82. The molecule has 0 radical (unpaired) electrons. The quantitative estimate of drug-likeness (QED) is 0.161. The van der Waals surface area contributed by atoms with E-state index in [-0.39, 0.29) is 17.1 Å². The van der Waals surface area contributed by atoms with Crippen LogP contribution in [0.15, 0.2) is 108 Å². The summed E-state index contributed by atoms with van der Waals surface area (Å²) in [6.07, 6.45) is 0. The third-order valence-electron chi connectivity index (χ3n) is 5.80. The number of non-ortho nitro benzene ring substituents is 1. The lowest BCUT2D eigenvalue weighted by Crippen LogP contribution is -2.14. The van der Waals surface area contributed by atoms with Gasteiger partial charge in [-0.05, 0) is 43.3 Å². The van der Waals surface area contributed by atoms with Crippen LogP contribution in [0, 0.1) is 17.0 Å². The van der Waals surface area contributed by atoms with Crippen molar-refractivity contribution in [3.63, 3.8) is 0 Å². The van der Waals surface area contributed by atoms with E-state index in [1.807, 2.05) is 67.6 Å². The van der Waals surface area contributed by atoms with Gasteiger partial charge >= 0.3 is 0 Å². The molecule has 1 N–H and O–H groups in total. The number of amides is 1. The number of aromatic nitrogens is 2. The zero-order chi connectivity index (χ0) is 26.6. The van der Waals surface area contributed by atoms with Crippen molar-refractivity contribution in [1.82, 2.24) is 9.78 Å². The Labute approximate surface area is 226 Å². The van der Waals surface area contributed by atoms with Crippen molar-refractivity contribution in [3.05, 3.63) is 129 Å². The minimum absolute atomic E-state index is 0.213. The van der Waals surface area contributed by atoms with Crippen molar-refractivity contribution in [2.45, 2.75) is 6.92 Å². The number of hydrogen-bond donors (Lipinski definition) is 1. The number of nitro benzene ring substituents is 1. The van der Waals surface area contributed by atoms with Crippen molar-refractivity contribution in [2.24, 2.45) is 0 Å². The van der Waals surface area contributed by atoms with Crippen LogP contribution in [0.25, 0.3) is 16.9 Å². The molecular formula is C29H21BrN4O4. The van der Waals surface area contributed by atoms with Crippen LogP contribution in [0.3, 0.4) is 0 Å². The van der Waals surface area contributed by atoms with E-state index in [0.29, 0.717) is 22.7 Å². The summed E-state index contributed by atoms with van der Waals surface area (Å²) in [4.78, 5) is 24.8. The normalized spacial score (nSPS) is 10.7. The van der Waals surface area contributed by atoms with Gasteiger partial charge in [-0.15, -0.1) is 0 Å². The Morgan fingerprint density at radius 2 is 1.58 bits per heavy atom. The van der Waals surface area contributed by atoms with Gasteiger partial charge in [0.2, 0.25) is 0 Å². The Bertz CT molecular complexity index is 1620. The molecule has 1 heterocycles. The molecule has 188 valence electrons. The summed E-state index contributed by atoms with van der Waals surface area (Å²) in [5.41, 5.74) is 3.08. The van der Waals surface area contributed by atoms with Gasteiger partial charge in [-0.2, -0.15) is 5.10 Å². The second-order valence-corrected chi connectivity index (χ2v) is 9.32. The van der Waals surface area contributed by atoms with Gasteiger partial charge < -0.3 is 10.1 Å². The number of hydrogen-bond acceptors (Lipinski definition) is 5. The fourth-order valence-electron chi connectivity index (χ4n) is 4.04. The summed E-state index contributed by atoms with van der Waals surface area (Å²) >= 11 is 3.37. The highest BCUT2D eigenvalue weighted by Crippen LogP contribution is 2.32. The number of ether oxygens (including phenoxy) is 1. The van der Waals surface area contributed by atoms with Crippen LogP contribution in [-0.4, -0.2) is 20.6 Å². The highest BCUT2D eigenvalue weighted by Gasteiger charge is 2.24. The Morgan fingerprint density at radius 1 is 0.921 bits per heavy atom. The van der Waals surface area contributed by atoms with Crippen LogP contribution in [-0.2, 0) is 0 Å². The second kappa shape index (κ2) is 10.7. The molecule has 1 aromatic heterocycles. The largest absolute Gasteiger partial charge is 0.457 e. The molecule has 0 saturated heterocycles. The predicted octanol–water partition coefficient (Wildman–Crippen LogP) is 7.56. The molecule has 0 aliphatic rings. The number of nitrogens with one attached hydrogen (secondary N) is 1. The third-order valence-corrected chi connectivity index (χ3v) is 6.33. The van der Waals surface area contributed by atoms with Gasteiger partial charge in [0.15, 0.2) is 0 Å². The summed E-state index contributed by atoms with van der Waals surface area (Å²) in [7, 11) is 0. The Balaban J connectivity index is 1.54.